The van der Waals surface area contributed by atoms with Crippen LogP contribution in [0.25, 0.3) is 10.9 Å². The lowest BCUT2D eigenvalue weighted by molar-refractivity contribution is -0.898. The van der Waals surface area contributed by atoms with Crippen molar-refractivity contribution in [1.82, 2.24) is 9.97 Å². The molecule has 188 valence electrons. The van der Waals surface area contributed by atoms with E-state index >= 15 is 0 Å². The Balaban J connectivity index is 1.42. The number of likely N-dealkylation sites (N-methyl/N-ethyl adjacent to an activating group) is 1. The van der Waals surface area contributed by atoms with Crippen LogP contribution in [0.5, 0.6) is 0 Å². The SMILES string of the molecule is C[N+](C)(C/C=C/C(=O)Nc1ccc2ncnc(Nc3cccc(Br)c3)c2c1)Cc1ccccc1[N+](=O)[O-]. The number of benzene rings is 3. The predicted octanol–water partition coefficient (Wildman–Crippen LogP) is 5.82. The number of fused-ring (bicyclic) bond motifs is 1. The highest BCUT2D eigenvalue weighted by atomic mass is 79.9. The quantitative estimate of drug-likeness (QED) is 0.115. The van der Waals surface area contributed by atoms with Gasteiger partial charge >= 0.3 is 0 Å². The van der Waals surface area contributed by atoms with Crippen molar-refractivity contribution in [3.8, 4) is 0 Å². The number of hydrogen-bond acceptors (Lipinski definition) is 6. The minimum atomic E-state index is -0.368. The number of nitro benzene ring substituents is 1. The number of amides is 1. The van der Waals surface area contributed by atoms with E-state index in [2.05, 4.69) is 36.5 Å². The molecule has 4 aromatic rings. The summed E-state index contributed by atoms with van der Waals surface area (Å²) in [6, 6.07) is 19.9. The average Bonchev–Trinajstić information content (AvgIpc) is 2.84. The molecule has 1 aromatic heterocycles. The van der Waals surface area contributed by atoms with Gasteiger partial charge < -0.3 is 15.1 Å². The van der Waals surface area contributed by atoms with E-state index in [0.29, 0.717) is 34.6 Å². The molecule has 10 heteroatoms. The minimum absolute atomic E-state index is 0.101. The first kappa shape index (κ1) is 25.9. The summed E-state index contributed by atoms with van der Waals surface area (Å²) < 4.78 is 1.39. The van der Waals surface area contributed by atoms with Crippen LogP contribution in [0.2, 0.25) is 0 Å². The lowest BCUT2D eigenvalue weighted by atomic mass is 10.1. The number of para-hydroxylation sites is 1. The van der Waals surface area contributed by atoms with Crippen LogP contribution in [-0.2, 0) is 11.3 Å². The standard InChI is InChI=1S/C27H25BrN6O3/c1-34(2,17-19-7-3-4-10-25(19)33(36)37)14-6-11-26(35)31-22-12-13-24-23(16-22)27(30-18-29-24)32-21-9-5-8-20(28)15-21/h3-13,15-16,18H,14,17H2,1-2H3,(H-,29,30,31,32,35)/p+1/b11-6+. The number of carbonyl (C=O) groups is 1. The van der Waals surface area contributed by atoms with Gasteiger partial charge in [-0.3, -0.25) is 14.9 Å². The van der Waals surface area contributed by atoms with Gasteiger partial charge in [-0.05, 0) is 48.5 Å². The molecule has 0 aliphatic heterocycles. The minimum Gasteiger partial charge on any atom is -0.340 e. The Labute approximate surface area is 222 Å². The first-order valence-corrected chi connectivity index (χ1v) is 12.3. The fourth-order valence-corrected chi connectivity index (χ4v) is 4.31. The molecule has 3 aromatic carbocycles. The Morgan fingerprint density at radius 3 is 2.65 bits per heavy atom. The van der Waals surface area contributed by atoms with Gasteiger partial charge in [0.2, 0.25) is 5.91 Å². The molecule has 0 unspecified atom stereocenters. The summed E-state index contributed by atoms with van der Waals surface area (Å²) in [5.74, 6) is 0.354. The molecule has 2 N–H and O–H groups in total. The molecule has 0 saturated carbocycles. The van der Waals surface area contributed by atoms with Crippen molar-refractivity contribution in [3.05, 3.63) is 105 Å². The van der Waals surface area contributed by atoms with Gasteiger partial charge in [0, 0.05) is 33.4 Å². The van der Waals surface area contributed by atoms with Crippen molar-refractivity contribution in [3.63, 3.8) is 0 Å². The van der Waals surface area contributed by atoms with Crippen LogP contribution in [0.3, 0.4) is 0 Å². The molecular weight excluding hydrogens is 536 g/mol. The van der Waals surface area contributed by atoms with Crippen LogP contribution in [0, 0.1) is 10.1 Å². The number of halogens is 1. The maximum Gasteiger partial charge on any atom is 0.278 e. The van der Waals surface area contributed by atoms with Gasteiger partial charge in [-0.15, -0.1) is 0 Å². The smallest absolute Gasteiger partial charge is 0.278 e. The molecule has 0 atom stereocenters. The monoisotopic (exact) mass is 561 g/mol. The largest absolute Gasteiger partial charge is 0.340 e. The highest BCUT2D eigenvalue weighted by Gasteiger charge is 2.21. The van der Waals surface area contributed by atoms with Crippen LogP contribution >= 0.6 is 15.9 Å². The number of nitro groups is 1. The van der Waals surface area contributed by atoms with Crippen LogP contribution in [0.15, 0.2) is 89.7 Å². The zero-order valence-electron chi connectivity index (χ0n) is 20.4. The second-order valence-electron chi connectivity index (χ2n) is 9.14. The third-order valence-electron chi connectivity index (χ3n) is 5.65. The van der Waals surface area contributed by atoms with E-state index in [-0.39, 0.29) is 16.5 Å². The zero-order chi connectivity index (χ0) is 26.4. The molecule has 0 fully saturated rings. The Morgan fingerprint density at radius 2 is 1.86 bits per heavy atom. The molecule has 0 spiro atoms. The van der Waals surface area contributed by atoms with Gasteiger partial charge in [0.25, 0.3) is 5.69 Å². The van der Waals surface area contributed by atoms with Crippen LogP contribution < -0.4 is 10.6 Å². The van der Waals surface area contributed by atoms with Crippen molar-refractivity contribution in [2.75, 3.05) is 31.3 Å². The highest BCUT2D eigenvalue weighted by Crippen LogP contribution is 2.27. The molecule has 0 radical (unpaired) electrons. The molecule has 1 amide bonds. The summed E-state index contributed by atoms with van der Waals surface area (Å²) in [4.78, 5) is 32.2. The van der Waals surface area contributed by atoms with Gasteiger partial charge in [0.1, 0.15) is 18.7 Å². The van der Waals surface area contributed by atoms with E-state index in [4.69, 9.17) is 0 Å². The van der Waals surface area contributed by atoms with E-state index in [0.717, 1.165) is 21.1 Å². The fourth-order valence-electron chi connectivity index (χ4n) is 3.91. The lowest BCUT2D eigenvalue weighted by Crippen LogP contribution is -2.39. The average molecular weight is 562 g/mol. The number of hydrogen-bond donors (Lipinski definition) is 2. The number of quaternary nitrogens is 1. The summed E-state index contributed by atoms with van der Waals surface area (Å²) in [5.41, 5.74) is 2.98. The molecule has 0 saturated heterocycles. The van der Waals surface area contributed by atoms with E-state index in [1.165, 1.54) is 18.5 Å². The number of anilines is 3. The van der Waals surface area contributed by atoms with Gasteiger partial charge in [-0.25, -0.2) is 9.97 Å². The Kier molecular flexibility index (Phi) is 7.90. The molecule has 0 aliphatic rings. The highest BCUT2D eigenvalue weighted by molar-refractivity contribution is 9.10. The number of aromatic nitrogens is 2. The van der Waals surface area contributed by atoms with Crippen LogP contribution in [-0.4, -0.2) is 45.9 Å². The predicted molar refractivity (Wildman–Crippen MR) is 149 cm³/mol. The van der Waals surface area contributed by atoms with Crippen molar-refractivity contribution in [2.24, 2.45) is 0 Å². The summed E-state index contributed by atoms with van der Waals surface area (Å²) in [7, 11) is 3.92. The second-order valence-corrected chi connectivity index (χ2v) is 10.1. The Bertz CT molecular complexity index is 1490. The molecule has 4 rings (SSSR count). The van der Waals surface area contributed by atoms with Gasteiger partial charge in [0.05, 0.1) is 36.6 Å². The number of nitrogens with zero attached hydrogens (tertiary/aromatic N) is 4. The first-order chi connectivity index (χ1) is 17.7. The molecule has 0 aliphatic carbocycles. The summed E-state index contributed by atoms with van der Waals surface area (Å²) in [6.07, 6.45) is 4.74. The molecule has 9 nitrogen and oxygen atoms in total. The van der Waals surface area contributed by atoms with Gasteiger partial charge in [-0.1, -0.05) is 34.1 Å². The zero-order valence-corrected chi connectivity index (χ0v) is 22.0. The lowest BCUT2D eigenvalue weighted by Gasteiger charge is -2.28. The van der Waals surface area contributed by atoms with Gasteiger partial charge in [0.15, 0.2) is 0 Å². The third kappa shape index (κ3) is 6.96. The van der Waals surface area contributed by atoms with Crippen molar-refractivity contribution >= 4 is 55.6 Å². The molecular formula is C27H26BrN6O3+. The van der Waals surface area contributed by atoms with Gasteiger partial charge in [-0.2, -0.15) is 0 Å². The first-order valence-electron chi connectivity index (χ1n) is 11.5. The number of rotatable bonds is 9. The molecule has 0 bridgehead atoms. The fraction of sp³-hybridized carbons (Fsp3) is 0.148. The van der Waals surface area contributed by atoms with Crippen molar-refractivity contribution in [2.45, 2.75) is 6.54 Å². The second kappa shape index (κ2) is 11.3. The number of carbonyl (C=O) groups excluding carboxylic acids is 1. The van der Waals surface area contributed by atoms with Crippen LogP contribution in [0.1, 0.15) is 5.56 Å². The summed E-state index contributed by atoms with van der Waals surface area (Å²) >= 11 is 3.47. The van der Waals surface area contributed by atoms with Crippen molar-refractivity contribution < 1.29 is 14.2 Å². The van der Waals surface area contributed by atoms with E-state index in [1.807, 2.05) is 50.5 Å². The van der Waals surface area contributed by atoms with E-state index in [9.17, 15) is 14.9 Å². The maximum atomic E-state index is 12.6. The summed E-state index contributed by atoms with van der Waals surface area (Å²) in [5, 5.41) is 18.3. The topological polar surface area (TPSA) is 110 Å². The molecule has 37 heavy (non-hydrogen) atoms. The normalized spacial score (nSPS) is 11.5. The summed E-state index contributed by atoms with van der Waals surface area (Å²) in [6.45, 7) is 0.979. The van der Waals surface area contributed by atoms with Crippen LogP contribution in [0.4, 0.5) is 22.9 Å². The maximum absolute atomic E-state index is 12.6. The third-order valence-corrected chi connectivity index (χ3v) is 6.14. The molecule has 1 heterocycles. The van der Waals surface area contributed by atoms with E-state index in [1.54, 1.807) is 30.3 Å². The Morgan fingerprint density at radius 1 is 1.05 bits per heavy atom. The van der Waals surface area contributed by atoms with E-state index < -0.39 is 0 Å². The number of nitrogens with one attached hydrogen (secondary N) is 2. The Hall–Kier alpha value is -4.15. The van der Waals surface area contributed by atoms with Crippen molar-refractivity contribution in [1.29, 1.82) is 0 Å².